The Labute approximate surface area is 46.1 Å². The van der Waals surface area contributed by atoms with Gasteiger partial charge in [-0.25, -0.2) is 9.59 Å². The number of carbonyl (C=O) groups is 1. The predicted molar refractivity (Wildman–Crippen MR) is 26.0 cm³/mol. The zero-order valence-corrected chi connectivity index (χ0v) is 4.29. The summed E-state index contributed by atoms with van der Waals surface area (Å²) in [5, 5.41) is 14.6. The van der Waals surface area contributed by atoms with Gasteiger partial charge in [0.15, 0.2) is 0 Å². The minimum atomic E-state index is -1.26. The molecule has 0 atom stereocenters. The largest absolute Gasteiger partial charge is 0.478 e. The molecular formula is C4H6O4. The van der Waals surface area contributed by atoms with Crippen molar-refractivity contribution in [1.82, 2.24) is 0 Å². The van der Waals surface area contributed by atoms with Gasteiger partial charge in [-0.05, 0) is 0 Å². The van der Waals surface area contributed by atoms with E-state index in [-0.39, 0.29) is 0 Å². The first-order valence-electron chi connectivity index (χ1n) is 1.66. The van der Waals surface area contributed by atoms with Gasteiger partial charge in [0.05, 0.1) is 0 Å². The summed E-state index contributed by atoms with van der Waals surface area (Å²) in [6, 6.07) is 0. The molecule has 0 heterocycles. The van der Waals surface area contributed by atoms with Gasteiger partial charge < -0.3 is 10.2 Å². The molecule has 0 unspecified atom stereocenters. The molecule has 4 heteroatoms. The minimum absolute atomic E-state index is 0.403. The van der Waals surface area contributed by atoms with Crippen LogP contribution >= 0.6 is 0 Å². The summed E-state index contributed by atoms with van der Waals surface area (Å²) in [5.41, 5.74) is 0. The molecule has 0 aliphatic rings. The van der Waals surface area contributed by atoms with Crippen LogP contribution < -0.4 is 0 Å². The lowest BCUT2D eigenvalue weighted by Gasteiger charge is -1.62. The Morgan fingerprint density at radius 1 is 1.62 bits per heavy atom. The van der Waals surface area contributed by atoms with E-state index in [1.54, 1.807) is 0 Å². The van der Waals surface area contributed by atoms with E-state index in [4.69, 9.17) is 15.0 Å². The monoisotopic (exact) mass is 118 g/mol. The summed E-state index contributed by atoms with van der Waals surface area (Å²) in [6.45, 7) is 0. The molecule has 0 aromatic carbocycles. The molecule has 0 saturated heterocycles. The molecule has 0 rings (SSSR count). The maximum atomic E-state index is 9.28. The first-order valence-corrected chi connectivity index (χ1v) is 1.66. The third-order valence-electron chi connectivity index (χ3n) is 0.182. The normalized spacial score (nSPS) is 5.25. The van der Waals surface area contributed by atoms with E-state index in [9.17, 15) is 4.79 Å². The summed E-state index contributed by atoms with van der Waals surface area (Å²) in [6.07, 6.45) is 0.403. The van der Waals surface area contributed by atoms with Gasteiger partial charge in [0.25, 0.3) is 0 Å². The Balaban J connectivity index is 0. The average Bonchev–Trinajstić information content (AvgIpc) is 1.72. The van der Waals surface area contributed by atoms with Crippen LogP contribution in [0.4, 0.5) is 0 Å². The van der Waals surface area contributed by atoms with Crippen LogP contribution in [0.25, 0.3) is 0 Å². The first kappa shape index (κ1) is 9.99. The number of hydrogen-bond acceptors (Lipinski definition) is 3. The van der Waals surface area contributed by atoms with E-state index in [1.807, 2.05) is 0 Å². The highest BCUT2D eigenvalue weighted by Gasteiger charge is 1.79. The zero-order valence-electron chi connectivity index (χ0n) is 4.29. The van der Waals surface area contributed by atoms with Crippen LogP contribution in [-0.4, -0.2) is 29.2 Å². The molecule has 8 heavy (non-hydrogen) atoms. The fourth-order valence-corrected chi connectivity index (χ4v) is 0.0504. The van der Waals surface area contributed by atoms with Gasteiger partial charge in [0, 0.05) is 7.11 Å². The lowest BCUT2D eigenvalue weighted by Crippen LogP contribution is -1.84. The van der Waals surface area contributed by atoms with Crippen molar-refractivity contribution in [3.63, 3.8) is 0 Å². The Morgan fingerprint density at radius 2 is 2.00 bits per heavy atom. The maximum absolute atomic E-state index is 9.28. The molecule has 0 aromatic heterocycles. The van der Waals surface area contributed by atoms with Crippen LogP contribution in [0.3, 0.4) is 0 Å². The van der Waals surface area contributed by atoms with E-state index in [2.05, 4.69) is 0 Å². The standard InChI is InChI=1S/C3H2O3.CH4O/c4-2-1-3(5)6;1-2/h1H,(H,5,6);2H,1H3. The van der Waals surface area contributed by atoms with E-state index in [0.717, 1.165) is 13.1 Å². The van der Waals surface area contributed by atoms with Gasteiger partial charge in [-0.15, -0.1) is 0 Å². The Bertz CT molecular complexity index is 101. The van der Waals surface area contributed by atoms with Gasteiger partial charge >= 0.3 is 5.97 Å². The Morgan fingerprint density at radius 3 is 2.00 bits per heavy atom. The number of rotatable bonds is 1. The highest BCUT2D eigenvalue weighted by atomic mass is 16.4. The molecule has 0 radical (unpaired) electrons. The van der Waals surface area contributed by atoms with Gasteiger partial charge in [0.1, 0.15) is 12.0 Å². The highest BCUT2D eigenvalue weighted by Crippen LogP contribution is 1.53. The molecule has 0 aliphatic carbocycles. The maximum Gasteiger partial charge on any atom is 0.339 e. The lowest BCUT2D eigenvalue weighted by molar-refractivity contribution is -0.131. The van der Waals surface area contributed by atoms with Gasteiger partial charge in [-0.2, -0.15) is 0 Å². The van der Waals surface area contributed by atoms with Crippen molar-refractivity contribution in [3.05, 3.63) is 6.08 Å². The van der Waals surface area contributed by atoms with E-state index >= 15 is 0 Å². The molecule has 0 saturated carbocycles. The number of aliphatic carboxylic acids is 1. The van der Waals surface area contributed by atoms with Crippen molar-refractivity contribution >= 4 is 11.9 Å². The number of carboxylic acid groups (broad SMARTS) is 1. The van der Waals surface area contributed by atoms with Crippen molar-refractivity contribution < 1.29 is 19.8 Å². The molecule has 0 spiro atoms. The first-order chi connectivity index (χ1) is 3.77. The van der Waals surface area contributed by atoms with Crippen LogP contribution in [0.5, 0.6) is 0 Å². The minimum Gasteiger partial charge on any atom is -0.478 e. The van der Waals surface area contributed by atoms with E-state index < -0.39 is 5.97 Å². The van der Waals surface area contributed by atoms with Gasteiger partial charge in [-0.1, -0.05) is 0 Å². The van der Waals surface area contributed by atoms with E-state index in [0.29, 0.717) is 6.08 Å². The molecule has 0 bridgehead atoms. The average molecular weight is 118 g/mol. The Kier molecular flexibility index (Phi) is 11.6. The number of carbonyl (C=O) groups excluding carboxylic acids is 1. The summed E-state index contributed by atoms with van der Waals surface area (Å²) in [7, 11) is 1.00. The SMILES string of the molecule is CO.O=C=CC(=O)O. The van der Waals surface area contributed by atoms with Crippen LogP contribution in [0, 0.1) is 0 Å². The smallest absolute Gasteiger partial charge is 0.339 e. The quantitative estimate of drug-likeness (QED) is 0.344. The topological polar surface area (TPSA) is 74.6 Å². The molecule has 0 amide bonds. The molecule has 0 aromatic rings. The predicted octanol–water partition coefficient (Wildman–Crippen LogP) is -0.933. The van der Waals surface area contributed by atoms with Crippen molar-refractivity contribution in [2.75, 3.05) is 7.11 Å². The molecule has 46 valence electrons. The second kappa shape index (κ2) is 9.30. The summed E-state index contributed by atoms with van der Waals surface area (Å²) in [4.78, 5) is 18.3. The summed E-state index contributed by atoms with van der Waals surface area (Å²) >= 11 is 0. The molecular weight excluding hydrogens is 112 g/mol. The fraction of sp³-hybridized carbons (Fsp3) is 0.250. The van der Waals surface area contributed by atoms with Gasteiger partial charge in [0.2, 0.25) is 0 Å². The molecule has 2 N–H and O–H groups in total. The summed E-state index contributed by atoms with van der Waals surface area (Å²) < 4.78 is 0. The number of carboxylic acids is 1. The fourth-order valence-electron chi connectivity index (χ4n) is 0.0504. The zero-order chi connectivity index (χ0) is 6.99. The van der Waals surface area contributed by atoms with E-state index in [1.165, 1.54) is 0 Å². The Hall–Kier alpha value is -1.12. The van der Waals surface area contributed by atoms with Crippen LogP contribution in [0.15, 0.2) is 6.08 Å². The summed E-state index contributed by atoms with van der Waals surface area (Å²) in [5.74, 6) is -0.167. The van der Waals surface area contributed by atoms with Crippen molar-refractivity contribution in [2.24, 2.45) is 0 Å². The third-order valence-corrected chi connectivity index (χ3v) is 0.182. The molecule has 0 aliphatic heterocycles. The third kappa shape index (κ3) is 20.8. The second-order valence-electron chi connectivity index (χ2n) is 0.600. The highest BCUT2D eigenvalue weighted by molar-refractivity contribution is 5.88. The van der Waals surface area contributed by atoms with Crippen molar-refractivity contribution in [1.29, 1.82) is 0 Å². The molecule has 0 fully saturated rings. The van der Waals surface area contributed by atoms with Gasteiger partial charge in [-0.3, -0.25) is 0 Å². The van der Waals surface area contributed by atoms with Crippen molar-refractivity contribution in [3.8, 4) is 0 Å². The van der Waals surface area contributed by atoms with Crippen LogP contribution in [0.1, 0.15) is 0 Å². The second-order valence-corrected chi connectivity index (χ2v) is 0.600. The molecule has 4 nitrogen and oxygen atoms in total. The lowest BCUT2D eigenvalue weighted by atomic mass is 10.7. The number of aliphatic hydroxyl groups excluding tert-OH is 1. The number of hydrogen-bond donors (Lipinski definition) is 2. The van der Waals surface area contributed by atoms with Crippen molar-refractivity contribution in [2.45, 2.75) is 0 Å². The van der Waals surface area contributed by atoms with Crippen LogP contribution in [0.2, 0.25) is 0 Å². The number of aliphatic hydroxyl groups is 1. The van der Waals surface area contributed by atoms with Crippen LogP contribution in [-0.2, 0) is 9.59 Å².